The number of para-hydroxylation sites is 2. The van der Waals surface area contributed by atoms with Crippen molar-refractivity contribution in [1.29, 1.82) is 0 Å². The van der Waals surface area contributed by atoms with E-state index in [-0.39, 0.29) is 0 Å². The molecule has 0 unspecified atom stereocenters. The maximum Gasteiger partial charge on any atom is 0.673 e. The highest BCUT2D eigenvalue weighted by Crippen LogP contribution is 2.32. The highest BCUT2D eigenvalue weighted by atomic mass is 19.5. The highest BCUT2D eigenvalue weighted by molar-refractivity contribution is 6.50. The normalized spacial score (nSPS) is 13.4. The maximum absolute atomic E-state index is 9.75. The van der Waals surface area contributed by atoms with E-state index in [1.54, 1.807) is 6.26 Å². The van der Waals surface area contributed by atoms with E-state index < -0.39 is 7.25 Å². The molecule has 1 heterocycles. The third-order valence-corrected chi connectivity index (χ3v) is 1.52. The Morgan fingerprint density at radius 3 is 2.31 bits per heavy atom. The average Bonchev–Trinajstić information content (AvgIpc) is 2.15. The quantitative estimate of drug-likeness (QED) is 0.384. The van der Waals surface area contributed by atoms with Gasteiger partial charge < -0.3 is 26.7 Å². The van der Waals surface area contributed by atoms with E-state index in [0.29, 0.717) is 0 Å². The molecule has 1 aromatic carbocycles. The molecule has 16 heavy (non-hydrogen) atoms. The molecule has 0 fully saturated rings. The number of aromatic hydroxyl groups is 1. The van der Waals surface area contributed by atoms with Gasteiger partial charge in [-0.2, -0.15) is 0 Å². The van der Waals surface area contributed by atoms with Gasteiger partial charge in [0.2, 0.25) is 5.75 Å². The highest BCUT2D eigenvalue weighted by Gasteiger charge is 2.20. The van der Waals surface area contributed by atoms with Gasteiger partial charge >= 0.3 is 13.0 Å². The van der Waals surface area contributed by atoms with Crippen molar-refractivity contribution >= 4 is 7.25 Å². The zero-order valence-corrected chi connectivity index (χ0v) is 8.33. The van der Waals surface area contributed by atoms with Crippen LogP contribution in [0.15, 0.2) is 36.3 Å². The van der Waals surface area contributed by atoms with Crippen LogP contribution in [0.5, 0.6) is 11.5 Å². The van der Waals surface area contributed by atoms with E-state index in [1.165, 1.54) is 0 Å². The first kappa shape index (κ1) is 12.4. The smallest absolute Gasteiger partial charge is 0.546 e. The van der Waals surface area contributed by atoms with Crippen molar-refractivity contribution < 1.29 is 26.7 Å². The molecular weight excluding hydrogens is 227 g/mol. The van der Waals surface area contributed by atoms with E-state index in [9.17, 15) is 17.3 Å². The molecule has 88 valence electrons. The monoisotopic (exact) mass is 236 g/mol. The lowest BCUT2D eigenvalue weighted by molar-refractivity contribution is 0.149. The van der Waals surface area contributed by atoms with Gasteiger partial charge in [0, 0.05) is 13.0 Å². The molecule has 0 saturated carbocycles. The zero-order valence-electron chi connectivity index (χ0n) is 8.33. The first-order valence-corrected chi connectivity index (χ1v) is 4.38. The van der Waals surface area contributed by atoms with E-state index >= 15 is 0 Å². The van der Waals surface area contributed by atoms with Crippen molar-refractivity contribution in [2.24, 2.45) is 0 Å². The third kappa shape index (κ3) is 4.72. The Morgan fingerprint density at radius 2 is 1.69 bits per heavy atom. The van der Waals surface area contributed by atoms with Gasteiger partial charge in [-0.15, -0.1) is 0 Å². The van der Waals surface area contributed by atoms with Crippen LogP contribution in [-0.2, 0) is 0 Å². The summed E-state index contributed by atoms with van der Waals surface area (Å²) in [6.45, 7) is 1.89. The fourth-order valence-corrected chi connectivity index (χ4v) is 1.01. The maximum atomic E-state index is 9.75. The summed E-state index contributed by atoms with van der Waals surface area (Å²) in [5, 5.41) is 0. The van der Waals surface area contributed by atoms with E-state index in [1.807, 2.05) is 31.2 Å². The second-order valence-corrected chi connectivity index (χ2v) is 2.93. The predicted molar refractivity (Wildman–Crippen MR) is 52.7 cm³/mol. The minimum atomic E-state index is -6.00. The van der Waals surface area contributed by atoms with Crippen molar-refractivity contribution in [3.8, 4) is 11.5 Å². The van der Waals surface area contributed by atoms with Crippen LogP contribution in [0.25, 0.3) is 0 Å². The van der Waals surface area contributed by atoms with Crippen LogP contribution in [0.1, 0.15) is 6.92 Å². The second kappa shape index (κ2) is 4.91. The molecule has 0 atom stereocenters. The fourth-order valence-electron chi connectivity index (χ4n) is 1.01. The molecule has 0 radical (unpaired) electrons. The van der Waals surface area contributed by atoms with Crippen LogP contribution in [0, 0.1) is 0 Å². The molecule has 0 aromatic heterocycles. The molecule has 7 heteroatoms. The van der Waals surface area contributed by atoms with Crippen molar-refractivity contribution in [2.45, 2.75) is 6.92 Å². The molecule has 1 aliphatic rings. The third-order valence-electron chi connectivity index (χ3n) is 1.52. The fraction of sp³-hybridized carbons (Fsp3) is 0.111. The molecule has 0 saturated heterocycles. The zero-order chi connectivity index (χ0) is 12.2. The van der Waals surface area contributed by atoms with Crippen molar-refractivity contribution in [3.63, 3.8) is 0 Å². The van der Waals surface area contributed by atoms with Gasteiger partial charge in [-0.3, -0.25) is 0 Å². The Labute approximate surface area is 89.6 Å². The SMILES string of the molecule is CC1=C[OH+]c2ccccc2O1.F[B-](F)(F)F. The second-order valence-electron chi connectivity index (χ2n) is 2.93. The summed E-state index contributed by atoms with van der Waals surface area (Å²) >= 11 is 0. The van der Waals surface area contributed by atoms with Gasteiger partial charge in [0.1, 0.15) is 0 Å². The topological polar surface area (TPSA) is 22.0 Å². The molecule has 0 bridgehead atoms. The van der Waals surface area contributed by atoms with Crippen LogP contribution in [-0.4, -0.2) is 12.0 Å². The predicted octanol–water partition coefficient (Wildman–Crippen LogP) is 3.48. The van der Waals surface area contributed by atoms with Crippen LogP contribution in [0.2, 0.25) is 0 Å². The van der Waals surface area contributed by atoms with Gasteiger partial charge in [-0.05, 0) is 6.07 Å². The van der Waals surface area contributed by atoms with Gasteiger partial charge in [-0.25, -0.2) is 0 Å². The summed E-state index contributed by atoms with van der Waals surface area (Å²) in [4.78, 5) is 0. The van der Waals surface area contributed by atoms with Gasteiger partial charge in [-0.1, -0.05) is 12.1 Å². The summed E-state index contributed by atoms with van der Waals surface area (Å²) in [6.07, 6.45) is 1.72. The summed E-state index contributed by atoms with van der Waals surface area (Å²) < 4.78 is 48.6. The summed E-state index contributed by atoms with van der Waals surface area (Å²) in [5.74, 6) is 2.58. The Hall–Kier alpha value is -1.66. The number of benzene rings is 1. The Bertz CT molecular complexity index is 383. The van der Waals surface area contributed by atoms with Crippen molar-refractivity contribution in [2.75, 3.05) is 0 Å². The molecule has 2 nitrogen and oxygen atoms in total. The minimum absolute atomic E-state index is 0.837. The number of rotatable bonds is 0. The number of hydrogen-bond donors (Lipinski definition) is 0. The summed E-state index contributed by atoms with van der Waals surface area (Å²) in [6, 6.07) is 7.72. The summed E-state index contributed by atoms with van der Waals surface area (Å²) in [7, 11) is -6.00. The van der Waals surface area contributed by atoms with Crippen molar-refractivity contribution in [1.82, 2.24) is 0 Å². The Balaban J connectivity index is 0.000000221. The summed E-state index contributed by atoms with van der Waals surface area (Å²) in [5.41, 5.74) is 0. The largest absolute Gasteiger partial charge is 0.673 e. The first-order chi connectivity index (χ1) is 7.36. The average molecular weight is 236 g/mol. The van der Waals surface area contributed by atoms with Gasteiger partial charge in [0.05, 0.1) is 0 Å². The standard InChI is InChI=1S/C9H8O2.BF4/c1-7-6-10-8-4-2-3-5-9(8)11-7;2-1(3,4)5/h2-6H,1H3;/q;-1/p+1. The van der Waals surface area contributed by atoms with Crippen LogP contribution < -0.4 is 4.74 Å². The molecule has 1 aliphatic heterocycles. The van der Waals surface area contributed by atoms with Crippen molar-refractivity contribution in [3.05, 3.63) is 36.3 Å². The molecular formula is C9H9BF4O2. The van der Waals surface area contributed by atoms with E-state index in [2.05, 4.69) is 4.74 Å². The van der Waals surface area contributed by atoms with Crippen LogP contribution in [0.3, 0.4) is 0 Å². The Morgan fingerprint density at radius 1 is 1.12 bits per heavy atom. The number of allylic oxidation sites excluding steroid dienone is 1. The number of halogens is 4. The number of fused-ring (bicyclic) bond motifs is 1. The lowest BCUT2D eigenvalue weighted by Crippen LogP contribution is -2.02. The molecule has 1 aromatic rings. The number of ether oxygens (including phenoxy) is 2. The van der Waals surface area contributed by atoms with E-state index in [0.717, 1.165) is 17.3 Å². The van der Waals surface area contributed by atoms with Gasteiger partial charge in [0.25, 0.3) is 6.26 Å². The minimum Gasteiger partial charge on any atom is -0.546 e. The molecule has 0 amide bonds. The molecule has 1 N–H and O–H groups in total. The molecule has 0 aliphatic carbocycles. The first-order valence-electron chi connectivity index (χ1n) is 4.38. The number of hydrogen-bond acceptors (Lipinski definition) is 1. The Kier molecular flexibility index (Phi) is 3.81. The van der Waals surface area contributed by atoms with Crippen LogP contribution in [0.4, 0.5) is 17.3 Å². The van der Waals surface area contributed by atoms with Crippen LogP contribution >= 0.6 is 0 Å². The lowest BCUT2D eigenvalue weighted by atomic mass is 10.3. The number of aliphatic hydroxyl groups is 1. The molecule has 2 rings (SSSR count). The lowest BCUT2D eigenvalue weighted by Gasteiger charge is -2.11. The van der Waals surface area contributed by atoms with E-state index in [4.69, 9.17) is 4.74 Å². The molecule has 0 spiro atoms. The van der Waals surface area contributed by atoms with Gasteiger partial charge in [0.15, 0.2) is 5.76 Å².